The van der Waals surface area contributed by atoms with Crippen molar-refractivity contribution in [3.63, 3.8) is 0 Å². The summed E-state index contributed by atoms with van der Waals surface area (Å²) in [7, 11) is 0. The van der Waals surface area contributed by atoms with E-state index in [1.807, 2.05) is 0 Å². The van der Waals surface area contributed by atoms with E-state index in [1.54, 1.807) is 0 Å². The summed E-state index contributed by atoms with van der Waals surface area (Å²) in [5.41, 5.74) is 0. The quantitative estimate of drug-likeness (QED) is 0.713. The Hall–Kier alpha value is -1.43. The molecule has 2 bridgehead atoms. The fourth-order valence-electron chi connectivity index (χ4n) is 2.98. The highest BCUT2D eigenvalue weighted by Gasteiger charge is 2.47. The normalized spacial score (nSPS) is 32.6. The SMILES string of the molecule is CC(=O)OC[C@@H]1O[C@H](COC(C)=O)[C@H]2CCC[C@@H]1C2=O. The van der Waals surface area contributed by atoms with Crippen molar-refractivity contribution in [2.45, 2.75) is 45.3 Å². The molecule has 0 radical (unpaired) electrons. The highest BCUT2D eigenvalue weighted by Crippen LogP contribution is 2.38. The predicted molar refractivity (Wildman–Crippen MR) is 67.8 cm³/mol. The standard InChI is InChI=1S/C14H20O6/c1-8(15)18-6-12-10-4-3-5-11(14(10)17)13(20-12)7-19-9(2)16/h10-13H,3-7H2,1-2H3/t10-,11+,12-,13+. The third kappa shape index (κ3) is 3.36. The maximum absolute atomic E-state index is 12.4. The van der Waals surface area contributed by atoms with E-state index in [0.717, 1.165) is 19.3 Å². The summed E-state index contributed by atoms with van der Waals surface area (Å²) in [6, 6.07) is 0. The molecule has 20 heavy (non-hydrogen) atoms. The van der Waals surface area contributed by atoms with Gasteiger partial charge in [-0.05, 0) is 12.8 Å². The van der Waals surface area contributed by atoms with E-state index in [1.165, 1.54) is 13.8 Å². The van der Waals surface area contributed by atoms with Gasteiger partial charge in [0, 0.05) is 25.7 Å². The summed E-state index contributed by atoms with van der Waals surface area (Å²) in [6.07, 6.45) is 1.62. The van der Waals surface area contributed by atoms with Crippen molar-refractivity contribution < 1.29 is 28.6 Å². The van der Waals surface area contributed by atoms with Gasteiger partial charge < -0.3 is 14.2 Å². The highest BCUT2D eigenvalue weighted by atomic mass is 16.6. The van der Waals surface area contributed by atoms with E-state index in [4.69, 9.17) is 14.2 Å². The average Bonchev–Trinajstić information content (AvgIpc) is 2.36. The number of hydrogen-bond donors (Lipinski definition) is 0. The van der Waals surface area contributed by atoms with Crippen molar-refractivity contribution in [1.82, 2.24) is 0 Å². The Balaban J connectivity index is 2.03. The van der Waals surface area contributed by atoms with E-state index in [9.17, 15) is 14.4 Å². The van der Waals surface area contributed by atoms with Gasteiger partial charge in [-0.15, -0.1) is 0 Å². The molecule has 0 amide bonds. The summed E-state index contributed by atoms with van der Waals surface area (Å²) >= 11 is 0. The van der Waals surface area contributed by atoms with Crippen LogP contribution >= 0.6 is 0 Å². The third-order valence-electron chi connectivity index (χ3n) is 3.91. The van der Waals surface area contributed by atoms with Crippen molar-refractivity contribution in [2.75, 3.05) is 13.2 Å². The minimum atomic E-state index is -0.427. The Labute approximate surface area is 117 Å². The fraction of sp³-hybridized carbons (Fsp3) is 0.786. The molecule has 0 aromatic heterocycles. The first kappa shape index (κ1) is 15.0. The lowest BCUT2D eigenvalue weighted by atomic mass is 9.73. The van der Waals surface area contributed by atoms with E-state index in [0.29, 0.717) is 0 Å². The minimum Gasteiger partial charge on any atom is -0.463 e. The number of rotatable bonds is 4. The van der Waals surface area contributed by atoms with Crippen LogP contribution < -0.4 is 0 Å². The lowest BCUT2D eigenvalue weighted by Gasteiger charge is -2.43. The number of carbonyl (C=O) groups excluding carboxylic acids is 3. The molecule has 6 nitrogen and oxygen atoms in total. The average molecular weight is 284 g/mol. The van der Waals surface area contributed by atoms with Crippen molar-refractivity contribution in [2.24, 2.45) is 11.8 Å². The summed E-state index contributed by atoms with van der Waals surface area (Å²) in [5.74, 6) is -1.05. The molecule has 0 spiro atoms. The Morgan fingerprint density at radius 2 is 1.50 bits per heavy atom. The van der Waals surface area contributed by atoms with Crippen LogP contribution in [0.15, 0.2) is 0 Å². The molecular formula is C14H20O6. The molecule has 4 atom stereocenters. The zero-order chi connectivity index (χ0) is 14.7. The zero-order valence-electron chi connectivity index (χ0n) is 11.8. The lowest BCUT2D eigenvalue weighted by molar-refractivity contribution is -0.187. The Morgan fingerprint density at radius 3 is 1.90 bits per heavy atom. The van der Waals surface area contributed by atoms with Crippen LogP contribution in [0.1, 0.15) is 33.1 Å². The first-order chi connectivity index (χ1) is 9.49. The smallest absolute Gasteiger partial charge is 0.302 e. The number of esters is 2. The second kappa shape index (κ2) is 6.35. The molecule has 0 unspecified atom stereocenters. The molecular weight excluding hydrogens is 264 g/mol. The molecule has 2 fully saturated rings. The maximum atomic E-state index is 12.4. The Morgan fingerprint density at radius 1 is 1.05 bits per heavy atom. The number of hydrogen-bond acceptors (Lipinski definition) is 6. The number of ketones is 1. The second-order valence-electron chi connectivity index (χ2n) is 5.36. The summed E-state index contributed by atoms with van der Waals surface area (Å²) < 4.78 is 15.8. The van der Waals surface area contributed by atoms with Gasteiger partial charge in [0.25, 0.3) is 0 Å². The van der Waals surface area contributed by atoms with Gasteiger partial charge in [0.15, 0.2) is 0 Å². The molecule has 2 aliphatic rings. The van der Waals surface area contributed by atoms with E-state index in [2.05, 4.69) is 0 Å². The third-order valence-corrected chi connectivity index (χ3v) is 3.91. The fourth-order valence-corrected chi connectivity index (χ4v) is 2.98. The Kier molecular flexibility index (Phi) is 4.75. The van der Waals surface area contributed by atoms with Crippen LogP contribution in [0.2, 0.25) is 0 Å². The molecule has 1 aliphatic heterocycles. The molecule has 112 valence electrons. The lowest BCUT2D eigenvalue weighted by Crippen LogP contribution is -2.53. The Bertz CT molecular complexity index is 370. The van der Waals surface area contributed by atoms with E-state index >= 15 is 0 Å². The van der Waals surface area contributed by atoms with E-state index in [-0.39, 0.29) is 30.8 Å². The van der Waals surface area contributed by atoms with Gasteiger partial charge in [0.05, 0.1) is 0 Å². The number of carbonyl (C=O) groups is 3. The number of ether oxygens (including phenoxy) is 3. The molecule has 1 saturated heterocycles. The van der Waals surface area contributed by atoms with Crippen molar-refractivity contribution in [3.05, 3.63) is 0 Å². The van der Waals surface area contributed by atoms with Crippen LogP contribution in [-0.2, 0) is 28.6 Å². The van der Waals surface area contributed by atoms with Gasteiger partial charge in [-0.3, -0.25) is 14.4 Å². The minimum absolute atomic E-state index is 0.0784. The first-order valence-electron chi connectivity index (χ1n) is 6.95. The largest absolute Gasteiger partial charge is 0.463 e. The van der Waals surface area contributed by atoms with Crippen LogP contribution in [-0.4, -0.2) is 43.1 Å². The first-order valence-corrected chi connectivity index (χ1v) is 6.95. The molecule has 6 heteroatoms. The molecule has 2 rings (SSSR count). The summed E-state index contributed by atoms with van der Waals surface area (Å²) in [6.45, 7) is 2.80. The molecule has 0 aromatic rings. The van der Waals surface area contributed by atoms with Gasteiger partial charge in [0.1, 0.15) is 31.2 Å². The second-order valence-corrected chi connectivity index (χ2v) is 5.36. The van der Waals surface area contributed by atoms with Crippen molar-refractivity contribution >= 4 is 17.7 Å². The monoisotopic (exact) mass is 284 g/mol. The van der Waals surface area contributed by atoms with Gasteiger partial charge in [0.2, 0.25) is 0 Å². The van der Waals surface area contributed by atoms with Gasteiger partial charge in [-0.2, -0.15) is 0 Å². The summed E-state index contributed by atoms with van der Waals surface area (Å²) in [5, 5.41) is 0. The van der Waals surface area contributed by atoms with Crippen LogP contribution in [0.5, 0.6) is 0 Å². The molecule has 1 aliphatic carbocycles. The van der Waals surface area contributed by atoms with Crippen LogP contribution in [0.4, 0.5) is 0 Å². The molecule has 1 heterocycles. The molecule has 0 N–H and O–H groups in total. The molecule has 0 aromatic carbocycles. The maximum Gasteiger partial charge on any atom is 0.302 e. The van der Waals surface area contributed by atoms with Gasteiger partial charge in [-0.25, -0.2) is 0 Å². The van der Waals surface area contributed by atoms with Crippen molar-refractivity contribution in [1.29, 1.82) is 0 Å². The van der Waals surface area contributed by atoms with Crippen LogP contribution in [0.25, 0.3) is 0 Å². The number of fused-ring (bicyclic) bond motifs is 2. The van der Waals surface area contributed by atoms with Crippen LogP contribution in [0, 0.1) is 11.8 Å². The topological polar surface area (TPSA) is 78.9 Å². The molecule has 1 saturated carbocycles. The van der Waals surface area contributed by atoms with E-state index < -0.39 is 24.1 Å². The predicted octanol–water partition coefficient (Wildman–Crippen LogP) is 0.865. The number of Topliss-reactive ketones (excluding diaryl/α,β-unsaturated/α-hetero) is 1. The zero-order valence-corrected chi connectivity index (χ0v) is 11.8. The van der Waals surface area contributed by atoms with Crippen molar-refractivity contribution in [3.8, 4) is 0 Å². The highest BCUT2D eigenvalue weighted by molar-refractivity contribution is 5.86. The summed E-state index contributed by atoms with van der Waals surface area (Å²) in [4.78, 5) is 34.2. The van der Waals surface area contributed by atoms with Crippen LogP contribution in [0.3, 0.4) is 0 Å². The van der Waals surface area contributed by atoms with Gasteiger partial charge >= 0.3 is 11.9 Å². The van der Waals surface area contributed by atoms with Gasteiger partial charge in [-0.1, -0.05) is 6.42 Å².